The van der Waals surface area contributed by atoms with Gasteiger partial charge in [0.2, 0.25) is 0 Å². The van der Waals surface area contributed by atoms with E-state index in [4.69, 9.17) is 0 Å². The molecule has 6 heteroatoms. The molecule has 1 aliphatic carbocycles. The number of hydrogen-bond acceptors (Lipinski definition) is 2. The standard InChI is InChI=1S/C11H9IN2O.ClH.H2O/c12-11(5-6-11)14-9-4-2-1-3-8(9)13-10(14)7-15;;/h1-4,7H,5-6H2;1H;1H2. The van der Waals surface area contributed by atoms with Gasteiger partial charge in [0.25, 0.3) is 0 Å². The molecule has 1 aliphatic rings. The average molecular weight is 367 g/mol. The monoisotopic (exact) mass is 366 g/mol. The summed E-state index contributed by atoms with van der Waals surface area (Å²) in [6.45, 7) is 0. The fourth-order valence-corrected chi connectivity index (χ4v) is 2.65. The quantitative estimate of drug-likeness (QED) is 0.465. The number of imidazole rings is 1. The van der Waals surface area contributed by atoms with Gasteiger partial charge in [-0.05, 0) is 25.0 Å². The second kappa shape index (κ2) is 4.91. The summed E-state index contributed by atoms with van der Waals surface area (Å²) in [5.41, 5.74) is 1.97. The first-order valence-electron chi connectivity index (χ1n) is 4.87. The molecule has 1 saturated carbocycles. The van der Waals surface area contributed by atoms with Crippen LogP contribution in [-0.4, -0.2) is 21.3 Å². The van der Waals surface area contributed by atoms with Gasteiger partial charge < -0.3 is 10.0 Å². The van der Waals surface area contributed by atoms with Crippen molar-refractivity contribution in [2.45, 2.75) is 16.4 Å². The van der Waals surface area contributed by atoms with E-state index in [1.807, 2.05) is 24.3 Å². The van der Waals surface area contributed by atoms with Crippen LogP contribution < -0.4 is 0 Å². The molecule has 2 aromatic rings. The molecular weight excluding hydrogens is 354 g/mol. The number of carbonyl (C=O) groups excluding carboxylic acids is 1. The first-order valence-corrected chi connectivity index (χ1v) is 5.94. The maximum atomic E-state index is 11.0. The maximum absolute atomic E-state index is 11.0. The van der Waals surface area contributed by atoms with Crippen LogP contribution in [0.1, 0.15) is 23.5 Å². The smallest absolute Gasteiger partial charge is 0.185 e. The zero-order valence-electron chi connectivity index (χ0n) is 8.89. The van der Waals surface area contributed by atoms with Crippen LogP contribution in [0.25, 0.3) is 11.0 Å². The van der Waals surface area contributed by atoms with Gasteiger partial charge in [-0.2, -0.15) is 0 Å². The summed E-state index contributed by atoms with van der Waals surface area (Å²) in [5.74, 6) is 0.545. The molecule has 3 rings (SSSR count). The highest BCUT2D eigenvalue weighted by atomic mass is 127. The van der Waals surface area contributed by atoms with Gasteiger partial charge in [-0.15, -0.1) is 12.4 Å². The molecule has 0 radical (unpaired) electrons. The summed E-state index contributed by atoms with van der Waals surface area (Å²) in [7, 11) is 0. The Morgan fingerprint density at radius 3 is 2.59 bits per heavy atom. The number of rotatable bonds is 2. The highest BCUT2D eigenvalue weighted by Gasteiger charge is 2.44. The number of halogens is 2. The number of para-hydroxylation sites is 2. The first kappa shape index (κ1) is 14.4. The van der Waals surface area contributed by atoms with E-state index in [2.05, 4.69) is 32.1 Å². The molecule has 1 aromatic carbocycles. The van der Waals surface area contributed by atoms with Crippen LogP contribution in [0, 0.1) is 0 Å². The summed E-state index contributed by atoms with van der Waals surface area (Å²) in [6.07, 6.45) is 3.09. The molecule has 1 aromatic heterocycles. The molecule has 1 heterocycles. The van der Waals surface area contributed by atoms with Crippen molar-refractivity contribution in [2.24, 2.45) is 0 Å². The molecule has 4 nitrogen and oxygen atoms in total. The topological polar surface area (TPSA) is 66.4 Å². The molecule has 17 heavy (non-hydrogen) atoms. The third-order valence-corrected chi connectivity index (χ3v) is 4.32. The minimum Gasteiger partial charge on any atom is -0.412 e. The molecule has 2 N–H and O–H groups in total. The normalized spacial score (nSPS) is 15.8. The maximum Gasteiger partial charge on any atom is 0.185 e. The Kier molecular flexibility index (Phi) is 4.16. The van der Waals surface area contributed by atoms with Crippen molar-refractivity contribution in [1.82, 2.24) is 9.55 Å². The molecule has 0 bridgehead atoms. The third kappa shape index (κ3) is 2.19. The van der Waals surface area contributed by atoms with E-state index in [9.17, 15) is 4.79 Å². The Labute approximate surface area is 118 Å². The zero-order valence-corrected chi connectivity index (χ0v) is 11.9. The van der Waals surface area contributed by atoms with E-state index in [1.165, 1.54) is 0 Å². The number of nitrogens with zero attached hydrogens (tertiary/aromatic N) is 2. The highest BCUT2D eigenvalue weighted by Crippen LogP contribution is 2.51. The predicted octanol–water partition coefficient (Wildman–Crippen LogP) is 2.33. The van der Waals surface area contributed by atoms with Gasteiger partial charge in [0, 0.05) is 0 Å². The van der Waals surface area contributed by atoms with Gasteiger partial charge in [-0.3, -0.25) is 4.79 Å². The Morgan fingerprint density at radius 2 is 2.00 bits per heavy atom. The third-order valence-electron chi connectivity index (χ3n) is 2.76. The van der Waals surface area contributed by atoms with Crippen molar-refractivity contribution in [3.05, 3.63) is 30.1 Å². The van der Waals surface area contributed by atoms with E-state index >= 15 is 0 Å². The van der Waals surface area contributed by atoms with Gasteiger partial charge in [0.15, 0.2) is 12.1 Å². The van der Waals surface area contributed by atoms with Crippen molar-refractivity contribution < 1.29 is 10.3 Å². The second-order valence-corrected chi connectivity index (χ2v) is 5.84. The van der Waals surface area contributed by atoms with Gasteiger partial charge in [-0.1, -0.05) is 34.7 Å². The summed E-state index contributed by atoms with van der Waals surface area (Å²) in [5, 5.41) is 0. The van der Waals surface area contributed by atoms with Crippen molar-refractivity contribution in [3.8, 4) is 0 Å². The lowest BCUT2D eigenvalue weighted by Gasteiger charge is -2.11. The first-order chi connectivity index (χ1) is 7.24. The van der Waals surface area contributed by atoms with Gasteiger partial charge in [0.05, 0.1) is 14.6 Å². The summed E-state index contributed by atoms with van der Waals surface area (Å²) < 4.78 is 2.15. The van der Waals surface area contributed by atoms with E-state index in [-0.39, 0.29) is 21.4 Å². The van der Waals surface area contributed by atoms with Crippen LogP contribution in [0.3, 0.4) is 0 Å². The minimum atomic E-state index is 0. The largest absolute Gasteiger partial charge is 0.412 e. The van der Waals surface area contributed by atoms with Crippen molar-refractivity contribution >= 4 is 52.3 Å². The lowest BCUT2D eigenvalue weighted by molar-refractivity contribution is 0.111. The van der Waals surface area contributed by atoms with E-state index in [0.717, 1.165) is 30.2 Å². The van der Waals surface area contributed by atoms with Crippen molar-refractivity contribution in [3.63, 3.8) is 0 Å². The molecule has 0 amide bonds. The molecule has 0 atom stereocenters. The number of alkyl halides is 1. The lowest BCUT2D eigenvalue weighted by Crippen LogP contribution is -2.11. The van der Waals surface area contributed by atoms with Crippen LogP contribution in [0.4, 0.5) is 0 Å². The van der Waals surface area contributed by atoms with Crippen LogP contribution in [0.2, 0.25) is 0 Å². The molecule has 0 spiro atoms. The van der Waals surface area contributed by atoms with E-state index in [1.54, 1.807) is 0 Å². The Morgan fingerprint density at radius 1 is 1.35 bits per heavy atom. The molecule has 0 aliphatic heterocycles. The molecule has 1 fully saturated rings. The fraction of sp³-hybridized carbons (Fsp3) is 0.273. The van der Waals surface area contributed by atoms with E-state index < -0.39 is 0 Å². The Hall–Kier alpha value is -0.660. The number of hydrogen-bond donors (Lipinski definition) is 0. The Balaban J connectivity index is 0.000000722. The second-order valence-electron chi connectivity index (χ2n) is 3.83. The lowest BCUT2D eigenvalue weighted by atomic mass is 10.3. The minimum absolute atomic E-state index is 0. The molecule has 0 saturated heterocycles. The number of benzene rings is 1. The predicted molar refractivity (Wildman–Crippen MR) is 77.2 cm³/mol. The summed E-state index contributed by atoms with van der Waals surface area (Å²) >= 11 is 2.41. The fourth-order valence-electron chi connectivity index (χ4n) is 1.87. The highest BCUT2D eigenvalue weighted by molar-refractivity contribution is 14.1. The van der Waals surface area contributed by atoms with Gasteiger partial charge in [-0.25, -0.2) is 4.98 Å². The van der Waals surface area contributed by atoms with Gasteiger partial charge >= 0.3 is 0 Å². The average Bonchev–Trinajstić information content (AvgIpc) is 2.87. The van der Waals surface area contributed by atoms with E-state index in [0.29, 0.717) is 5.82 Å². The van der Waals surface area contributed by atoms with Crippen LogP contribution in [0.5, 0.6) is 0 Å². The van der Waals surface area contributed by atoms with Crippen LogP contribution >= 0.6 is 35.0 Å². The van der Waals surface area contributed by atoms with Crippen molar-refractivity contribution in [2.75, 3.05) is 0 Å². The van der Waals surface area contributed by atoms with Crippen LogP contribution in [0.15, 0.2) is 24.3 Å². The Bertz CT molecular complexity index is 551. The number of carbonyl (C=O) groups is 1. The number of fused-ring (bicyclic) bond motifs is 1. The van der Waals surface area contributed by atoms with Crippen LogP contribution in [-0.2, 0) is 3.55 Å². The molecule has 92 valence electrons. The van der Waals surface area contributed by atoms with Gasteiger partial charge in [0.1, 0.15) is 0 Å². The molecule has 0 unspecified atom stereocenters. The SMILES string of the molecule is Cl.O.O=Cc1nc2ccccc2n1C1(I)CC1. The number of aromatic nitrogens is 2. The summed E-state index contributed by atoms with van der Waals surface area (Å²) in [6, 6.07) is 7.90. The zero-order chi connectivity index (χ0) is 10.5. The number of aldehydes is 1. The molecular formula is C11H12ClIN2O2. The van der Waals surface area contributed by atoms with Crippen molar-refractivity contribution in [1.29, 1.82) is 0 Å². The summed E-state index contributed by atoms with van der Waals surface area (Å²) in [4.78, 5) is 15.3.